The molecule has 5 nitrogen and oxygen atoms in total. The lowest BCUT2D eigenvalue weighted by Gasteiger charge is -2.33. The van der Waals surface area contributed by atoms with Crippen LogP contribution in [0.25, 0.3) is 0 Å². The maximum absolute atomic E-state index is 12.6. The van der Waals surface area contributed by atoms with Gasteiger partial charge in [0.05, 0.1) is 9.90 Å². The van der Waals surface area contributed by atoms with Gasteiger partial charge in [-0.2, -0.15) is 0 Å². The molecule has 0 unspecified atom stereocenters. The number of hydrogen-bond donors (Lipinski definition) is 2. The molecule has 0 bridgehead atoms. The van der Waals surface area contributed by atoms with Crippen molar-refractivity contribution in [2.45, 2.75) is 51.0 Å². The SMILES string of the molecule is O=C(O)NC1CCC(CCN2CCC(C(=O)c3sccc3Cl)CC2)CC1. The van der Waals surface area contributed by atoms with Crippen LogP contribution in [0.3, 0.4) is 0 Å². The van der Waals surface area contributed by atoms with E-state index in [4.69, 9.17) is 16.7 Å². The summed E-state index contributed by atoms with van der Waals surface area (Å²) in [6, 6.07) is 1.93. The summed E-state index contributed by atoms with van der Waals surface area (Å²) in [5.74, 6) is 1.03. The molecule has 2 fully saturated rings. The van der Waals surface area contributed by atoms with Crippen molar-refractivity contribution in [2.75, 3.05) is 19.6 Å². The molecule has 1 saturated heterocycles. The average Bonchev–Trinajstić information content (AvgIpc) is 3.06. The highest BCUT2D eigenvalue weighted by molar-refractivity contribution is 7.12. The van der Waals surface area contributed by atoms with E-state index >= 15 is 0 Å². The van der Waals surface area contributed by atoms with Crippen LogP contribution < -0.4 is 5.32 Å². The Morgan fingerprint density at radius 3 is 2.46 bits per heavy atom. The summed E-state index contributed by atoms with van der Waals surface area (Å²) in [4.78, 5) is 26.5. The Hall–Kier alpha value is -1.11. The molecule has 7 heteroatoms. The van der Waals surface area contributed by atoms with Crippen LogP contribution in [-0.2, 0) is 0 Å². The first-order chi connectivity index (χ1) is 12.5. The smallest absolute Gasteiger partial charge is 0.404 e. The van der Waals surface area contributed by atoms with Crippen molar-refractivity contribution in [3.05, 3.63) is 21.3 Å². The van der Waals surface area contributed by atoms with E-state index < -0.39 is 6.09 Å². The number of hydrogen-bond acceptors (Lipinski definition) is 4. The Balaban J connectivity index is 1.35. The third-order valence-corrected chi connectivity index (χ3v) is 7.18. The first-order valence-electron chi connectivity index (χ1n) is 9.52. The van der Waals surface area contributed by atoms with Crippen LogP contribution in [0.1, 0.15) is 54.6 Å². The molecule has 0 radical (unpaired) electrons. The summed E-state index contributed by atoms with van der Waals surface area (Å²) < 4.78 is 0. The predicted octanol–water partition coefficient (Wildman–Crippen LogP) is 4.51. The lowest BCUT2D eigenvalue weighted by atomic mass is 9.84. The van der Waals surface area contributed by atoms with Crippen molar-refractivity contribution in [3.63, 3.8) is 0 Å². The second-order valence-corrected chi connectivity index (χ2v) is 8.86. The van der Waals surface area contributed by atoms with E-state index in [1.165, 1.54) is 17.8 Å². The highest BCUT2D eigenvalue weighted by Gasteiger charge is 2.28. The third-order valence-electron chi connectivity index (χ3n) is 5.83. The number of piperidine rings is 1. The highest BCUT2D eigenvalue weighted by Crippen LogP contribution is 2.30. The number of carbonyl (C=O) groups is 2. The van der Waals surface area contributed by atoms with Gasteiger partial charge in [-0.3, -0.25) is 4.79 Å². The quantitative estimate of drug-likeness (QED) is 0.691. The zero-order valence-electron chi connectivity index (χ0n) is 15.0. The topological polar surface area (TPSA) is 69.6 Å². The number of ketones is 1. The van der Waals surface area contributed by atoms with Crippen molar-refractivity contribution < 1.29 is 14.7 Å². The van der Waals surface area contributed by atoms with Crippen LogP contribution >= 0.6 is 22.9 Å². The minimum atomic E-state index is -0.908. The standard InChI is InChI=1S/C19H27ClN2O3S/c20-16-8-12-26-18(16)17(23)14-6-10-22(11-7-14)9-5-13-1-3-15(4-2-13)21-19(24)25/h8,12-15,21H,1-7,9-11H2,(H,24,25). The first-order valence-corrected chi connectivity index (χ1v) is 10.8. The van der Waals surface area contributed by atoms with Gasteiger partial charge in [0.1, 0.15) is 0 Å². The van der Waals surface area contributed by atoms with Crippen molar-refractivity contribution in [1.82, 2.24) is 10.2 Å². The minimum absolute atomic E-state index is 0.111. The number of halogens is 1. The van der Waals surface area contributed by atoms with E-state index in [9.17, 15) is 9.59 Å². The van der Waals surface area contributed by atoms with Crippen LogP contribution in [-0.4, -0.2) is 47.6 Å². The molecule has 1 aliphatic carbocycles. The number of carbonyl (C=O) groups excluding carboxylic acids is 1. The molecule has 0 spiro atoms. The van der Waals surface area contributed by atoms with Crippen LogP contribution in [0.2, 0.25) is 5.02 Å². The molecule has 2 aliphatic rings. The molecule has 2 heterocycles. The maximum atomic E-state index is 12.6. The van der Waals surface area contributed by atoms with Gasteiger partial charge >= 0.3 is 6.09 Å². The van der Waals surface area contributed by atoms with Gasteiger partial charge in [-0.05, 0) is 81.9 Å². The van der Waals surface area contributed by atoms with Gasteiger partial charge in [0.25, 0.3) is 0 Å². The highest BCUT2D eigenvalue weighted by atomic mass is 35.5. The molecule has 2 N–H and O–H groups in total. The van der Waals surface area contributed by atoms with E-state index in [1.54, 1.807) is 6.07 Å². The fourth-order valence-corrected chi connectivity index (χ4v) is 5.38. The number of nitrogens with one attached hydrogen (secondary N) is 1. The van der Waals surface area contributed by atoms with E-state index in [2.05, 4.69) is 10.2 Å². The van der Waals surface area contributed by atoms with Gasteiger partial charge in [-0.1, -0.05) is 11.6 Å². The normalized spacial score (nSPS) is 25.1. The van der Waals surface area contributed by atoms with Gasteiger partial charge in [0.2, 0.25) is 0 Å². The van der Waals surface area contributed by atoms with Crippen LogP contribution in [0.15, 0.2) is 11.4 Å². The third kappa shape index (κ3) is 5.21. The fourth-order valence-electron chi connectivity index (χ4n) is 4.21. The zero-order chi connectivity index (χ0) is 18.5. The molecule has 0 atom stereocenters. The summed E-state index contributed by atoms with van der Waals surface area (Å²) in [7, 11) is 0. The number of carboxylic acid groups (broad SMARTS) is 1. The van der Waals surface area contributed by atoms with Gasteiger partial charge in [-0.25, -0.2) is 4.79 Å². The van der Waals surface area contributed by atoms with Crippen LogP contribution in [0.4, 0.5) is 4.79 Å². The molecule has 1 amide bonds. The zero-order valence-corrected chi connectivity index (χ0v) is 16.5. The maximum Gasteiger partial charge on any atom is 0.404 e. The van der Waals surface area contributed by atoms with E-state index in [-0.39, 0.29) is 17.7 Å². The monoisotopic (exact) mass is 398 g/mol. The summed E-state index contributed by atoms with van der Waals surface area (Å²) in [5.41, 5.74) is 0. The summed E-state index contributed by atoms with van der Waals surface area (Å²) in [5, 5.41) is 13.9. The van der Waals surface area contributed by atoms with Gasteiger partial charge in [-0.15, -0.1) is 11.3 Å². The predicted molar refractivity (Wildman–Crippen MR) is 104 cm³/mol. The summed E-state index contributed by atoms with van der Waals surface area (Å²) in [6.07, 6.45) is 6.23. The van der Waals surface area contributed by atoms with Crippen LogP contribution in [0.5, 0.6) is 0 Å². The molecule has 144 valence electrons. The Morgan fingerprint density at radius 2 is 1.88 bits per heavy atom. The molecular formula is C19H27ClN2O3S. The van der Waals surface area contributed by atoms with E-state index in [0.29, 0.717) is 10.9 Å². The number of amides is 1. The van der Waals surface area contributed by atoms with Gasteiger partial charge in [0.15, 0.2) is 5.78 Å². The van der Waals surface area contributed by atoms with Crippen molar-refractivity contribution >= 4 is 34.8 Å². The molecule has 1 aromatic heterocycles. The molecule has 3 rings (SSSR count). The second-order valence-electron chi connectivity index (χ2n) is 7.53. The molecule has 1 aromatic rings. The largest absolute Gasteiger partial charge is 0.465 e. The Morgan fingerprint density at radius 1 is 1.19 bits per heavy atom. The Labute approximate surface area is 163 Å². The lowest BCUT2D eigenvalue weighted by molar-refractivity contribution is 0.0837. The number of likely N-dealkylation sites (tertiary alicyclic amines) is 1. The molecular weight excluding hydrogens is 372 g/mol. The lowest BCUT2D eigenvalue weighted by Crippen LogP contribution is -2.39. The number of Topliss-reactive ketones (excluding diaryl/α,β-unsaturated/α-hetero) is 1. The fraction of sp³-hybridized carbons (Fsp3) is 0.684. The number of thiophene rings is 1. The number of rotatable bonds is 6. The summed E-state index contributed by atoms with van der Waals surface area (Å²) in [6.45, 7) is 3.05. The van der Waals surface area contributed by atoms with Gasteiger partial charge < -0.3 is 15.3 Å². The Bertz CT molecular complexity index is 620. The summed E-state index contributed by atoms with van der Waals surface area (Å²) >= 11 is 7.55. The molecule has 1 aliphatic heterocycles. The first kappa shape index (κ1) is 19.6. The molecule has 0 aromatic carbocycles. The minimum Gasteiger partial charge on any atom is -0.465 e. The Kier molecular flexibility index (Phi) is 6.95. The van der Waals surface area contributed by atoms with Crippen LogP contribution in [0, 0.1) is 11.8 Å². The van der Waals surface area contributed by atoms with E-state index in [0.717, 1.165) is 63.0 Å². The van der Waals surface area contributed by atoms with Crippen molar-refractivity contribution in [3.8, 4) is 0 Å². The molecule has 1 saturated carbocycles. The average molecular weight is 399 g/mol. The van der Waals surface area contributed by atoms with Crippen molar-refractivity contribution in [1.29, 1.82) is 0 Å². The second kappa shape index (κ2) is 9.20. The molecule has 26 heavy (non-hydrogen) atoms. The van der Waals surface area contributed by atoms with E-state index in [1.807, 2.05) is 5.38 Å². The van der Waals surface area contributed by atoms with Crippen molar-refractivity contribution in [2.24, 2.45) is 11.8 Å². The number of nitrogens with zero attached hydrogens (tertiary/aromatic N) is 1. The van der Waals surface area contributed by atoms with Gasteiger partial charge in [0, 0.05) is 12.0 Å².